The van der Waals surface area contributed by atoms with Crippen LogP contribution < -0.4 is 5.32 Å². The lowest BCUT2D eigenvalue weighted by Gasteiger charge is -2.39. The number of nitrogens with one attached hydrogen (secondary N) is 1. The Hall–Kier alpha value is -0.130. The van der Waals surface area contributed by atoms with E-state index >= 15 is 0 Å². The Labute approximate surface area is 99.5 Å². The first kappa shape index (κ1) is 13.9. The number of sulfonamides is 1. The van der Waals surface area contributed by atoms with E-state index in [2.05, 4.69) is 12.2 Å². The van der Waals surface area contributed by atoms with Crippen molar-refractivity contribution in [2.75, 3.05) is 13.6 Å². The van der Waals surface area contributed by atoms with Crippen LogP contribution in [0.1, 0.15) is 40.0 Å². The van der Waals surface area contributed by atoms with Crippen LogP contribution in [0.3, 0.4) is 0 Å². The van der Waals surface area contributed by atoms with E-state index in [-0.39, 0.29) is 17.3 Å². The molecule has 5 heteroatoms. The number of hydrogen-bond acceptors (Lipinski definition) is 3. The van der Waals surface area contributed by atoms with E-state index in [0.29, 0.717) is 6.54 Å². The average Bonchev–Trinajstić information content (AvgIpc) is 2.27. The van der Waals surface area contributed by atoms with Crippen LogP contribution in [0.5, 0.6) is 0 Å². The quantitative estimate of drug-likeness (QED) is 0.813. The maximum Gasteiger partial charge on any atom is 0.216 e. The van der Waals surface area contributed by atoms with Crippen molar-refractivity contribution in [2.45, 2.75) is 57.4 Å². The van der Waals surface area contributed by atoms with Gasteiger partial charge < -0.3 is 5.32 Å². The zero-order chi connectivity index (χ0) is 12.3. The highest BCUT2D eigenvalue weighted by molar-refractivity contribution is 7.89. The normalized spacial score (nSPS) is 25.9. The first-order valence-electron chi connectivity index (χ1n) is 6.09. The summed E-state index contributed by atoms with van der Waals surface area (Å²) in [6.45, 7) is 6.24. The largest absolute Gasteiger partial charge is 0.316 e. The molecule has 0 spiro atoms. The van der Waals surface area contributed by atoms with Gasteiger partial charge in [-0.2, -0.15) is 4.31 Å². The minimum absolute atomic E-state index is 0.117. The fourth-order valence-electron chi connectivity index (χ4n) is 2.21. The third kappa shape index (κ3) is 2.76. The summed E-state index contributed by atoms with van der Waals surface area (Å²) < 4.78 is 26.1. The number of hydrogen-bond donors (Lipinski definition) is 1. The van der Waals surface area contributed by atoms with Gasteiger partial charge in [-0.3, -0.25) is 0 Å². The maximum atomic E-state index is 12.2. The molecule has 0 saturated carbocycles. The second-order valence-electron chi connectivity index (χ2n) is 4.84. The van der Waals surface area contributed by atoms with Gasteiger partial charge in [0.1, 0.15) is 0 Å². The van der Waals surface area contributed by atoms with Crippen LogP contribution in [0.15, 0.2) is 0 Å². The molecule has 1 saturated heterocycles. The first-order valence-corrected chi connectivity index (χ1v) is 7.59. The Morgan fingerprint density at radius 3 is 2.38 bits per heavy atom. The van der Waals surface area contributed by atoms with Crippen molar-refractivity contribution >= 4 is 10.0 Å². The molecule has 0 radical (unpaired) electrons. The van der Waals surface area contributed by atoms with Crippen molar-refractivity contribution in [1.29, 1.82) is 0 Å². The molecule has 1 fully saturated rings. The molecule has 1 aliphatic rings. The SMILES string of the molecule is CNC(C)C1CCCCN1S(=O)(=O)C(C)C. The lowest BCUT2D eigenvalue weighted by molar-refractivity contribution is 0.212. The predicted molar refractivity (Wildman–Crippen MR) is 66.9 cm³/mol. The van der Waals surface area contributed by atoms with Crippen molar-refractivity contribution in [2.24, 2.45) is 0 Å². The fraction of sp³-hybridized carbons (Fsp3) is 1.00. The topological polar surface area (TPSA) is 49.4 Å². The molecule has 96 valence electrons. The molecular weight excluding hydrogens is 224 g/mol. The van der Waals surface area contributed by atoms with Crippen molar-refractivity contribution in [3.05, 3.63) is 0 Å². The van der Waals surface area contributed by atoms with E-state index in [1.165, 1.54) is 0 Å². The number of likely N-dealkylation sites (N-methyl/N-ethyl adjacent to an activating group) is 1. The first-order chi connectivity index (χ1) is 7.41. The van der Waals surface area contributed by atoms with E-state index < -0.39 is 10.0 Å². The molecular formula is C11H24N2O2S. The average molecular weight is 248 g/mol. The Morgan fingerprint density at radius 1 is 1.25 bits per heavy atom. The number of nitrogens with zero attached hydrogens (tertiary/aromatic N) is 1. The van der Waals surface area contributed by atoms with Gasteiger partial charge in [-0.1, -0.05) is 6.42 Å². The summed E-state index contributed by atoms with van der Waals surface area (Å²) in [6, 6.07) is 0.333. The number of rotatable bonds is 4. The Balaban J connectivity index is 2.90. The van der Waals surface area contributed by atoms with Crippen molar-refractivity contribution in [3.8, 4) is 0 Å². The monoisotopic (exact) mass is 248 g/mol. The summed E-state index contributed by atoms with van der Waals surface area (Å²) >= 11 is 0. The van der Waals surface area contributed by atoms with E-state index in [9.17, 15) is 8.42 Å². The highest BCUT2D eigenvalue weighted by atomic mass is 32.2. The molecule has 1 aliphatic heterocycles. The van der Waals surface area contributed by atoms with Crippen LogP contribution in [0.4, 0.5) is 0 Å². The fourth-order valence-corrected chi connectivity index (χ4v) is 3.80. The third-order valence-corrected chi connectivity index (χ3v) is 5.75. The van der Waals surface area contributed by atoms with Gasteiger partial charge >= 0.3 is 0 Å². The lowest BCUT2D eigenvalue weighted by atomic mass is 9.99. The molecule has 2 atom stereocenters. The van der Waals surface area contributed by atoms with Gasteiger partial charge in [0.2, 0.25) is 10.0 Å². The van der Waals surface area contributed by atoms with Gasteiger partial charge in [0.15, 0.2) is 0 Å². The standard InChI is InChI=1S/C11H24N2O2S/c1-9(2)16(14,15)13-8-6-5-7-11(13)10(3)12-4/h9-12H,5-8H2,1-4H3. The smallest absolute Gasteiger partial charge is 0.216 e. The minimum Gasteiger partial charge on any atom is -0.316 e. The molecule has 0 aromatic rings. The molecule has 2 unspecified atom stereocenters. The highest BCUT2D eigenvalue weighted by Gasteiger charge is 2.36. The van der Waals surface area contributed by atoms with Crippen LogP contribution in [0, 0.1) is 0 Å². The lowest BCUT2D eigenvalue weighted by Crippen LogP contribution is -2.54. The van der Waals surface area contributed by atoms with E-state index in [0.717, 1.165) is 19.3 Å². The summed E-state index contributed by atoms with van der Waals surface area (Å²) in [5.74, 6) is 0. The molecule has 16 heavy (non-hydrogen) atoms. The van der Waals surface area contributed by atoms with Gasteiger partial charge in [-0.25, -0.2) is 8.42 Å². The molecule has 0 aromatic carbocycles. The van der Waals surface area contributed by atoms with Crippen LogP contribution in [0.2, 0.25) is 0 Å². The van der Waals surface area contributed by atoms with Crippen molar-refractivity contribution < 1.29 is 8.42 Å². The molecule has 0 aliphatic carbocycles. The van der Waals surface area contributed by atoms with E-state index in [1.54, 1.807) is 18.2 Å². The van der Waals surface area contributed by atoms with Crippen molar-refractivity contribution in [3.63, 3.8) is 0 Å². The third-order valence-electron chi connectivity index (χ3n) is 3.45. The van der Waals surface area contributed by atoms with Gasteiger partial charge in [-0.05, 0) is 40.7 Å². The van der Waals surface area contributed by atoms with Crippen LogP contribution in [0.25, 0.3) is 0 Å². The number of piperidine rings is 1. The Bertz CT molecular complexity index is 314. The summed E-state index contributed by atoms with van der Waals surface area (Å²) in [6.07, 6.45) is 3.08. The van der Waals surface area contributed by atoms with Gasteiger partial charge in [0, 0.05) is 18.6 Å². The summed E-state index contributed by atoms with van der Waals surface area (Å²) in [7, 11) is -1.22. The molecule has 0 amide bonds. The molecule has 1 rings (SSSR count). The Kier molecular flexibility index (Phi) is 4.76. The minimum atomic E-state index is -3.11. The van der Waals surface area contributed by atoms with Crippen LogP contribution >= 0.6 is 0 Å². The highest BCUT2D eigenvalue weighted by Crippen LogP contribution is 2.24. The van der Waals surface area contributed by atoms with E-state index in [1.807, 2.05) is 7.05 Å². The molecule has 0 bridgehead atoms. The molecule has 0 aromatic heterocycles. The zero-order valence-corrected chi connectivity index (χ0v) is 11.5. The summed E-state index contributed by atoms with van der Waals surface area (Å²) in [5.41, 5.74) is 0. The van der Waals surface area contributed by atoms with Crippen molar-refractivity contribution in [1.82, 2.24) is 9.62 Å². The summed E-state index contributed by atoms with van der Waals surface area (Å²) in [5, 5.41) is 2.85. The van der Waals surface area contributed by atoms with Crippen LogP contribution in [-0.4, -0.2) is 43.6 Å². The Morgan fingerprint density at radius 2 is 1.88 bits per heavy atom. The molecule has 4 nitrogen and oxygen atoms in total. The van der Waals surface area contributed by atoms with E-state index in [4.69, 9.17) is 0 Å². The predicted octanol–water partition coefficient (Wildman–Crippen LogP) is 1.19. The van der Waals surface area contributed by atoms with Gasteiger partial charge in [-0.15, -0.1) is 0 Å². The van der Waals surface area contributed by atoms with Crippen LogP contribution in [-0.2, 0) is 10.0 Å². The second-order valence-corrected chi connectivity index (χ2v) is 7.29. The molecule has 1 N–H and O–H groups in total. The zero-order valence-electron chi connectivity index (χ0n) is 10.7. The van der Waals surface area contributed by atoms with Gasteiger partial charge in [0.25, 0.3) is 0 Å². The summed E-state index contributed by atoms with van der Waals surface area (Å²) in [4.78, 5) is 0. The maximum absolute atomic E-state index is 12.2. The van der Waals surface area contributed by atoms with Gasteiger partial charge in [0.05, 0.1) is 5.25 Å². The molecule has 1 heterocycles. The second kappa shape index (κ2) is 5.47.